The molecule has 8 nitrogen and oxygen atoms in total. The minimum Gasteiger partial charge on any atom is -0.454 e. The third-order valence-corrected chi connectivity index (χ3v) is 6.17. The summed E-state index contributed by atoms with van der Waals surface area (Å²) in [6.45, 7) is 6.26. The van der Waals surface area contributed by atoms with Crippen molar-refractivity contribution < 1.29 is 14.3 Å². The van der Waals surface area contributed by atoms with Crippen molar-refractivity contribution in [3.63, 3.8) is 0 Å². The fourth-order valence-electron chi connectivity index (χ4n) is 4.36. The number of aryl methyl sites for hydroxylation is 1. The molecule has 0 aliphatic carbocycles. The smallest absolute Gasteiger partial charge is 0.261 e. The highest BCUT2D eigenvalue weighted by molar-refractivity contribution is 5.78. The SMILES string of the molecule is Cc1nc2ccccc2c(=O)n1CCC(=O)N1CCN(Cc2ccc3c(c2)OCO3)CC1. The van der Waals surface area contributed by atoms with Gasteiger partial charge in [0.05, 0.1) is 10.9 Å². The van der Waals surface area contributed by atoms with Crippen molar-refractivity contribution in [3.8, 4) is 11.5 Å². The summed E-state index contributed by atoms with van der Waals surface area (Å²) < 4.78 is 12.4. The number of aromatic nitrogens is 2. The van der Waals surface area contributed by atoms with Gasteiger partial charge in [-0.2, -0.15) is 0 Å². The number of rotatable bonds is 5. The first kappa shape index (κ1) is 20.5. The van der Waals surface area contributed by atoms with E-state index in [0.29, 0.717) is 42.8 Å². The van der Waals surface area contributed by atoms with Gasteiger partial charge in [-0.3, -0.25) is 19.1 Å². The first-order valence-electron chi connectivity index (χ1n) is 10.9. The molecule has 0 N–H and O–H groups in total. The fraction of sp³-hybridized carbons (Fsp3) is 0.375. The van der Waals surface area contributed by atoms with E-state index >= 15 is 0 Å². The molecule has 8 heteroatoms. The number of amides is 1. The zero-order valence-electron chi connectivity index (χ0n) is 18.1. The maximum Gasteiger partial charge on any atom is 0.261 e. The molecule has 0 bridgehead atoms. The zero-order chi connectivity index (χ0) is 22.1. The van der Waals surface area contributed by atoms with Crippen LogP contribution in [0.5, 0.6) is 11.5 Å². The number of ether oxygens (including phenoxy) is 2. The van der Waals surface area contributed by atoms with E-state index in [-0.39, 0.29) is 18.3 Å². The second kappa shape index (κ2) is 8.63. The van der Waals surface area contributed by atoms with E-state index < -0.39 is 0 Å². The largest absolute Gasteiger partial charge is 0.454 e. The highest BCUT2D eigenvalue weighted by Gasteiger charge is 2.22. The average Bonchev–Trinajstić information content (AvgIpc) is 3.27. The lowest BCUT2D eigenvalue weighted by molar-refractivity contribution is -0.133. The molecule has 0 radical (unpaired) electrons. The second-order valence-electron chi connectivity index (χ2n) is 8.23. The lowest BCUT2D eigenvalue weighted by Crippen LogP contribution is -2.48. The Hall–Kier alpha value is -3.39. The van der Waals surface area contributed by atoms with Crippen molar-refractivity contribution >= 4 is 16.8 Å². The summed E-state index contributed by atoms with van der Waals surface area (Å²) in [7, 11) is 0. The highest BCUT2D eigenvalue weighted by atomic mass is 16.7. The van der Waals surface area contributed by atoms with Crippen LogP contribution in [0, 0.1) is 6.92 Å². The molecule has 5 rings (SSSR count). The van der Waals surface area contributed by atoms with Gasteiger partial charge in [-0.25, -0.2) is 4.98 Å². The highest BCUT2D eigenvalue weighted by Crippen LogP contribution is 2.32. The van der Waals surface area contributed by atoms with Crippen LogP contribution in [0.25, 0.3) is 10.9 Å². The normalized spacial score (nSPS) is 16.0. The summed E-state index contributed by atoms with van der Waals surface area (Å²) in [5.74, 6) is 2.30. The van der Waals surface area contributed by atoms with Crippen LogP contribution in [0.4, 0.5) is 0 Å². The van der Waals surface area contributed by atoms with Crippen LogP contribution >= 0.6 is 0 Å². The van der Waals surface area contributed by atoms with Crippen LogP contribution in [-0.4, -0.2) is 58.2 Å². The minimum atomic E-state index is -0.0885. The first-order valence-corrected chi connectivity index (χ1v) is 10.9. The first-order chi connectivity index (χ1) is 15.6. The summed E-state index contributed by atoms with van der Waals surface area (Å²) in [6.07, 6.45) is 0.295. The molecule has 0 spiro atoms. The standard InChI is InChI=1S/C24H26N4O4/c1-17-25-20-5-3-2-4-19(20)24(30)28(17)9-8-23(29)27-12-10-26(11-13-27)15-18-6-7-21-22(14-18)32-16-31-21/h2-7,14H,8-13,15-16H2,1H3. The second-order valence-corrected chi connectivity index (χ2v) is 8.23. The molecule has 1 fully saturated rings. The van der Waals surface area contributed by atoms with Gasteiger partial charge in [-0.05, 0) is 36.8 Å². The number of nitrogens with zero attached hydrogens (tertiary/aromatic N) is 4. The summed E-state index contributed by atoms with van der Waals surface area (Å²) in [4.78, 5) is 34.3. The molecule has 3 heterocycles. The molecule has 32 heavy (non-hydrogen) atoms. The van der Waals surface area contributed by atoms with Crippen LogP contribution in [0.1, 0.15) is 17.8 Å². The number of piperazine rings is 1. The predicted octanol–water partition coefficient (Wildman–Crippen LogP) is 2.17. The lowest BCUT2D eigenvalue weighted by Gasteiger charge is -2.35. The van der Waals surface area contributed by atoms with Crippen LogP contribution in [0.3, 0.4) is 0 Å². The molecule has 1 aromatic heterocycles. The topological polar surface area (TPSA) is 76.9 Å². The summed E-state index contributed by atoms with van der Waals surface area (Å²) in [6, 6.07) is 13.3. The Kier molecular flexibility index (Phi) is 5.53. The number of benzene rings is 2. The monoisotopic (exact) mass is 434 g/mol. The van der Waals surface area contributed by atoms with E-state index in [9.17, 15) is 9.59 Å². The van der Waals surface area contributed by atoms with Gasteiger partial charge in [-0.15, -0.1) is 0 Å². The van der Waals surface area contributed by atoms with E-state index in [4.69, 9.17) is 9.47 Å². The van der Waals surface area contributed by atoms with Crippen LogP contribution in [0.15, 0.2) is 47.3 Å². The third-order valence-electron chi connectivity index (χ3n) is 6.17. The van der Waals surface area contributed by atoms with Crippen LogP contribution in [0.2, 0.25) is 0 Å². The van der Waals surface area contributed by atoms with Gasteiger partial charge in [0.15, 0.2) is 11.5 Å². The number of carbonyl (C=O) groups is 1. The molecule has 0 saturated carbocycles. The maximum atomic E-state index is 12.8. The molecule has 166 valence electrons. The van der Waals surface area contributed by atoms with Crippen LogP contribution in [-0.2, 0) is 17.9 Å². The molecular weight excluding hydrogens is 408 g/mol. The molecule has 2 aromatic carbocycles. The lowest BCUT2D eigenvalue weighted by atomic mass is 10.1. The van der Waals surface area contributed by atoms with E-state index in [1.54, 1.807) is 10.6 Å². The zero-order valence-corrected chi connectivity index (χ0v) is 18.1. The van der Waals surface area contributed by atoms with E-state index in [2.05, 4.69) is 16.0 Å². The number of fused-ring (bicyclic) bond motifs is 2. The van der Waals surface area contributed by atoms with Crippen molar-refractivity contribution in [3.05, 3.63) is 64.2 Å². The Morgan fingerprint density at radius 1 is 1.03 bits per heavy atom. The summed E-state index contributed by atoms with van der Waals surface area (Å²) >= 11 is 0. The number of para-hydroxylation sites is 1. The van der Waals surface area contributed by atoms with Gasteiger partial charge < -0.3 is 14.4 Å². The molecule has 3 aromatic rings. The molecule has 0 atom stereocenters. The van der Waals surface area contributed by atoms with Crippen molar-refractivity contribution in [1.29, 1.82) is 0 Å². The molecule has 2 aliphatic heterocycles. The van der Waals surface area contributed by atoms with Gasteiger partial charge >= 0.3 is 0 Å². The average molecular weight is 434 g/mol. The molecular formula is C24H26N4O4. The van der Waals surface area contributed by atoms with Gasteiger partial charge in [0.2, 0.25) is 12.7 Å². The number of carbonyl (C=O) groups excluding carboxylic acids is 1. The van der Waals surface area contributed by atoms with Crippen molar-refractivity contribution in [2.24, 2.45) is 0 Å². The van der Waals surface area contributed by atoms with E-state index in [1.807, 2.05) is 42.2 Å². The minimum absolute atomic E-state index is 0.0761. The maximum absolute atomic E-state index is 12.8. The third kappa shape index (κ3) is 4.05. The van der Waals surface area contributed by atoms with Gasteiger partial charge in [0, 0.05) is 45.7 Å². The van der Waals surface area contributed by atoms with E-state index in [0.717, 1.165) is 31.1 Å². The molecule has 0 unspecified atom stereocenters. The van der Waals surface area contributed by atoms with Gasteiger partial charge in [-0.1, -0.05) is 18.2 Å². The van der Waals surface area contributed by atoms with Gasteiger partial charge in [0.1, 0.15) is 5.82 Å². The molecule has 1 amide bonds. The quantitative estimate of drug-likeness (QED) is 0.613. The molecule has 1 saturated heterocycles. The van der Waals surface area contributed by atoms with Crippen molar-refractivity contribution in [2.75, 3.05) is 33.0 Å². The number of hydrogen-bond donors (Lipinski definition) is 0. The summed E-state index contributed by atoms with van der Waals surface area (Å²) in [5, 5.41) is 0.586. The Balaban J connectivity index is 1.16. The van der Waals surface area contributed by atoms with E-state index in [1.165, 1.54) is 5.56 Å². The predicted molar refractivity (Wildman–Crippen MR) is 120 cm³/mol. The Morgan fingerprint density at radius 3 is 2.66 bits per heavy atom. The van der Waals surface area contributed by atoms with Crippen molar-refractivity contribution in [2.45, 2.75) is 26.4 Å². The Bertz CT molecular complexity index is 1210. The van der Waals surface area contributed by atoms with Gasteiger partial charge in [0.25, 0.3) is 5.56 Å². The van der Waals surface area contributed by atoms with Crippen molar-refractivity contribution in [1.82, 2.24) is 19.4 Å². The Labute approximate surface area is 186 Å². The fourth-order valence-corrected chi connectivity index (χ4v) is 4.36. The van der Waals surface area contributed by atoms with Crippen LogP contribution < -0.4 is 15.0 Å². The number of hydrogen-bond acceptors (Lipinski definition) is 6. The summed E-state index contributed by atoms with van der Waals surface area (Å²) in [5.41, 5.74) is 1.78. The molecule has 2 aliphatic rings. The Morgan fingerprint density at radius 2 is 1.81 bits per heavy atom.